The molecule has 11 heteroatoms. The van der Waals surface area contributed by atoms with Gasteiger partial charge in [-0.15, -0.1) is 0 Å². The number of aliphatic hydroxyl groups is 2. The van der Waals surface area contributed by atoms with Gasteiger partial charge in [0.2, 0.25) is 5.91 Å². The van der Waals surface area contributed by atoms with Crippen molar-refractivity contribution in [1.29, 1.82) is 0 Å². The highest BCUT2D eigenvalue weighted by Gasteiger charge is 2.54. The summed E-state index contributed by atoms with van der Waals surface area (Å²) in [5, 5.41) is 23.5. The van der Waals surface area contributed by atoms with Crippen LogP contribution in [-0.2, 0) is 19.0 Å². The normalized spacial score (nSPS) is 29.6. The van der Waals surface area contributed by atoms with Crippen LogP contribution < -0.4 is 10.1 Å². The lowest BCUT2D eigenvalue weighted by Gasteiger charge is -2.43. The number of nitrogens with one attached hydrogen (secondary N) is 1. The van der Waals surface area contributed by atoms with Gasteiger partial charge in [0.15, 0.2) is 11.6 Å². The van der Waals surface area contributed by atoms with Crippen molar-refractivity contribution in [3.63, 3.8) is 0 Å². The van der Waals surface area contributed by atoms with Crippen molar-refractivity contribution in [2.75, 3.05) is 26.7 Å². The van der Waals surface area contributed by atoms with Gasteiger partial charge >= 0.3 is 0 Å². The smallest absolute Gasteiger partial charge is 0.247 e. The van der Waals surface area contributed by atoms with Gasteiger partial charge in [-0.3, -0.25) is 9.18 Å². The molecule has 2 fully saturated rings. The fourth-order valence-electron chi connectivity index (χ4n) is 3.89. The fraction of sp³-hybridized carbons (Fsp3) is 0.591. The highest BCUT2D eigenvalue weighted by atomic mass is 19.1. The summed E-state index contributed by atoms with van der Waals surface area (Å²) in [6, 6.07) is 0.661. The van der Waals surface area contributed by atoms with Crippen molar-refractivity contribution in [3.8, 4) is 5.75 Å². The molecule has 1 aromatic rings. The first-order valence-electron chi connectivity index (χ1n) is 10.7. The Morgan fingerprint density at radius 1 is 1.21 bits per heavy atom. The molecule has 0 spiro atoms. The van der Waals surface area contributed by atoms with Crippen LogP contribution in [0.4, 0.5) is 13.2 Å². The number of ether oxygens (including phenoxy) is 4. The van der Waals surface area contributed by atoms with E-state index in [1.165, 1.54) is 6.92 Å². The van der Waals surface area contributed by atoms with Gasteiger partial charge in [-0.1, -0.05) is 0 Å². The molecule has 1 saturated heterocycles. The average Bonchev–Trinajstić information content (AvgIpc) is 3.27. The molecule has 0 unspecified atom stereocenters. The lowest BCUT2D eigenvalue weighted by atomic mass is 9.82. The molecular formula is C22H28F3NO7. The first-order valence-corrected chi connectivity index (χ1v) is 10.7. The summed E-state index contributed by atoms with van der Waals surface area (Å²) in [6.45, 7) is 2.55. The molecule has 0 aromatic heterocycles. The Morgan fingerprint density at radius 2 is 1.94 bits per heavy atom. The number of hydrogen-bond acceptors (Lipinski definition) is 7. The number of carbonyl (C=O) groups excluding carboxylic acids is 1. The Morgan fingerprint density at radius 3 is 2.64 bits per heavy atom. The first kappa shape index (κ1) is 25.4. The highest BCUT2D eigenvalue weighted by molar-refractivity contribution is 5.97. The van der Waals surface area contributed by atoms with Crippen LogP contribution in [0.3, 0.4) is 0 Å². The van der Waals surface area contributed by atoms with Gasteiger partial charge in [0.1, 0.15) is 43.1 Å². The summed E-state index contributed by atoms with van der Waals surface area (Å²) in [7, 11) is 0. The SMILES string of the molecule is CCO[C@@H]1[C@H](NC(=O)/C(C)=C/c2cc(F)c(OCCCF)cc2F)[C@H](O)[C@@H](O)[C@H]2OCO[C@H]21. The minimum Gasteiger partial charge on any atom is -0.490 e. The van der Waals surface area contributed by atoms with Gasteiger partial charge < -0.3 is 34.5 Å². The summed E-state index contributed by atoms with van der Waals surface area (Å²) >= 11 is 0. The summed E-state index contributed by atoms with van der Waals surface area (Å²) < 4.78 is 62.3. The number of rotatable bonds is 9. The molecule has 184 valence electrons. The zero-order chi connectivity index (χ0) is 24.1. The highest BCUT2D eigenvalue weighted by Crippen LogP contribution is 2.32. The molecule has 0 bridgehead atoms. The van der Waals surface area contributed by atoms with E-state index in [2.05, 4.69) is 5.32 Å². The van der Waals surface area contributed by atoms with Crippen LogP contribution in [0.25, 0.3) is 6.08 Å². The number of fused-ring (bicyclic) bond motifs is 1. The third-order valence-electron chi connectivity index (χ3n) is 5.55. The zero-order valence-corrected chi connectivity index (χ0v) is 18.3. The van der Waals surface area contributed by atoms with E-state index in [9.17, 15) is 28.2 Å². The quantitative estimate of drug-likeness (QED) is 0.367. The molecule has 3 rings (SSSR count). The van der Waals surface area contributed by atoms with Crippen LogP contribution in [-0.4, -0.2) is 79.4 Å². The molecular weight excluding hydrogens is 447 g/mol. The topological polar surface area (TPSA) is 106 Å². The molecule has 2 aliphatic rings. The minimum atomic E-state index is -1.41. The van der Waals surface area contributed by atoms with Gasteiger partial charge in [0.25, 0.3) is 0 Å². The van der Waals surface area contributed by atoms with E-state index in [0.717, 1.165) is 18.2 Å². The van der Waals surface area contributed by atoms with E-state index in [0.29, 0.717) is 0 Å². The van der Waals surface area contributed by atoms with Crippen molar-refractivity contribution in [1.82, 2.24) is 5.32 Å². The largest absolute Gasteiger partial charge is 0.490 e. The van der Waals surface area contributed by atoms with Crippen LogP contribution in [0.15, 0.2) is 17.7 Å². The van der Waals surface area contributed by atoms with Gasteiger partial charge in [0.05, 0.1) is 19.3 Å². The number of benzene rings is 1. The Kier molecular flexibility index (Phi) is 8.71. The molecule has 1 amide bonds. The van der Waals surface area contributed by atoms with Crippen molar-refractivity contribution >= 4 is 12.0 Å². The van der Waals surface area contributed by atoms with Gasteiger partial charge in [-0.25, -0.2) is 8.78 Å². The summed E-state index contributed by atoms with van der Waals surface area (Å²) in [5.41, 5.74) is -0.182. The molecule has 1 aromatic carbocycles. The maximum absolute atomic E-state index is 14.4. The summed E-state index contributed by atoms with van der Waals surface area (Å²) in [4.78, 5) is 12.8. The number of amides is 1. The van der Waals surface area contributed by atoms with Crippen LogP contribution in [0.1, 0.15) is 25.8 Å². The van der Waals surface area contributed by atoms with Gasteiger partial charge in [-0.05, 0) is 26.0 Å². The molecule has 1 heterocycles. The van der Waals surface area contributed by atoms with Crippen molar-refractivity contribution in [2.24, 2.45) is 0 Å². The number of halogens is 3. The van der Waals surface area contributed by atoms with Crippen molar-refractivity contribution in [3.05, 3.63) is 34.9 Å². The van der Waals surface area contributed by atoms with E-state index < -0.39 is 60.8 Å². The molecule has 1 aliphatic heterocycles. The second-order valence-electron chi connectivity index (χ2n) is 7.80. The Labute approximate surface area is 189 Å². The predicted molar refractivity (Wildman–Crippen MR) is 110 cm³/mol. The molecule has 6 atom stereocenters. The summed E-state index contributed by atoms with van der Waals surface area (Å²) in [5.74, 6) is -2.73. The van der Waals surface area contributed by atoms with Crippen LogP contribution in [0.2, 0.25) is 0 Å². The molecule has 1 aliphatic carbocycles. The van der Waals surface area contributed by atoms with E-state index in [1.807, 2.05) is 0 Å². The van der Waals surface area contributed by atoms with E-state index >= 15 is 0 Å². The van der Waals surface area contributed by atoms with Crippen molar-refractivity contribution in [2.45, 2.75) is 56.8 Å². The maximum atomic E-state index is 14.4. The van der Waals surface area contributed by atoms with Gasteiger partial charge in [0, 0.05) is 30.2 Å². The second kappa shape index (κ2) is 11.3. The number of alkyl halides is 1. The van der Waals surface area contributed by atoms with Crippen LogP contribution in [0, 0.1) is 11.6 Å². The Hall–Kier alpha value is -2.18. The Balaban J connectivity index is 1.75. The first-order chi connectivity index (χ1) is 15.8. The number of carbonyl (C=O) groups is 1. The Bertz CT molecular complexity index is 869. The fourth-order valence-corrected chi connectivity index (χ4v) is 3.89. The summed E-state index contributed by atoms with van der Waals surface area (Å²) in [6.07, 6.45) is -3.84. The molecule has 1 saturated carbocycles. The standard InChI is InChI=1S/C22H28F3NO7/c1-3-30-19-16(17(27)18(28)20-21(19)33-10-32-20)26-22(29)11(2)7-12-8-14(25)15(9-13(12)24)31-6-4-5-23/h7-9,16-21,27-28H,3-6,10H2,1-2H3,(H,26,29)/b11-7+/t16-,17+,18-,19-,20-,21+/m1/s1. The number of hydrogen-bond donors (Lipinski definition) is 3. The van der Waals surface area contributed by atoms with Crippen LogP contribution >= 0.6 is 0 Å². The molecule has 3 N–H and O–H groups in total. The molecule has 33 heavy (non-hydrogen) atoms. The van der Waals surface area contributed by atoms with E-state index in [-0.39, 0.29) is 43.3 Å². The third-order valence-corrected chi connectivity index (χ3v) is 5.55. The van der Waals surface area contributed by atoms with Crippen molar-refractivity contribution < 1.29 is 47.1 Å². The lowest BCUT2D eigenvalue weighted by Crippen LogP contribution is -2.68. The zero-order valence-electron chi connectivity index (χ0n) is 18.3. The molecule has 0 radical (unpaired) electrons. The molecule has 8 nitrogen and oxygen atoms in total. The number of aliphatic hydroxyl groups excluding tert-OH is 2. The van der Waals surface area contributed by atoms with E-state index in [4.69, 9.17) is 18.9 Å². The van der Waals surface area contributed by atoms with Crippen LogP contribution in [0.5, 0.6) is 5.75 Å². The average molecular weight is 475 g/mol. The predicted octanol–water partition coefficient (Wildman–Crippen LogP) is 1.47. The minimum absolute atomic E-state index is 0.0158. The second-order valence-corrected chi connectivity index (χ2v) is 7.80. The maximum Gasteiger partial charge on any atom is 0.247 e. The third kappa shape index (κ3) is 5.67. The van der Waals surface area contributed by atoms with Gasteiger partial charge in [-0.2, -0.15) is 0 Å². The monoisotopic (exact) mass is 475 g/mol. The lowest BCUT2D eigenvalue weighted by molar-refractivity contribution is -0.167. The van der Waals surface area contributed by atoms with E-state index in [1.54, 1.807) is 6.92 Å².